The minimum absolute atomic E-state index is 0.485. The molecule has 0 amide bonds. The standard InChI is InChI=1S/C13H21NO/c1-4-6-14-12(10-5-7-15-9-10)11-8-13(11,2)3/h5,7,9,11-12,14H,4,6,8H2,1-3H3. The monoisotopic (exact) mass is 207 g/mol. The third-order valence-corrected chi connectivity index (χ3v) is 3.51. The van der Waals surface area contributed by atoms with Crippen molar-refractivity contribution in [3.05, 3.63) is 24.2 Å². The lowest BCUT2D eigenvalue weighted by molar-refractivity contribution is 0.412. The summed E-state index contributed by atoms with van der Waals surface area (Å²) in [6.45, 7) is 7.98. The molecule has 2 heteroatoms. The van der Waals surface area contributed by atoms with Crippen molar-refractivity contribution in [2.24, 2.45) is 11.3 Å². The maximum absolute atomic E-state index is 5.18. The highest BCUT2D eigenvalue weighted by atomic mass is 16.3. The summed E-state index contributed by atoms with van der Waals surface area (Å²) in [5.41, 5.74) is 1.81. The zero-order chi connectivity index (χ0) is 10.9. The van der Waals surface area contributed by atoms with Crippen LogP contribution in [0.5, 0.6) is 0 Å². The van der Waals surface area contributed by atoms with E-state index in [0.29, 0.717) is 11.5 Å². The molecule has 2 nitrogen and oxygen atoms in total. The molecule has 0 saturated heterocycles. The van der Waals surface area contributed by atoms with Gasteiger partial charge in [0.25, 0.3) is 0 Å². The molecule has 1 heterocycles. The minimum atomic E-state index is 0.485. The second-order valence-corrected chi connectivity index (χ2v) is 5.29. The van der Waals surface area contributed by atoms with Crippen LogP contribution >= 0.6 is 0 Å². The summed E-state index contributed by atoms with van der Waals surface area (Å²) in [7, 11) is 0. The number of rotatable bonds is 5. The predicted molar refractivity (Wildman–Crippen MR) is 61.6 cm³/mol. The second kappa shape index (κ2) is 4.01. The Morgan fingerprint density at radius 2 is 2.33 bits per heavy atom. The zero-order valence-electron chi connectivity index (χ0n) is 9.92. The number of furan rings is 1. The average Bonchev–Trinajstić information content (AvgIpc) is 2.68. The van der Waals surface area contributed by atoms with Gasteiger partial charge in [0.15, 0.2) is 0 Å². The van der Waals surface area contributed by atoms with Crippen LogP contribution in [0.3, 0.4) is 0 Å². The molecule has 2 unspecified atom stereocenters. The summed E-state index contributed by atoms with van der Waals surface area (Å²) in [5, 5.41) is 3.63. The van der Waals surface area contributed by atoms with E-state index in [-0.39, 0.29) is 0 Å². The quantitative estimate of drug-likeness (QED) is 0.800. The van der Waals surface area contributed by atoms with E-state index in [1.807, 2.05) is 6.26 Å². The van der Waals surface area contributed by atoms with E-state index in [9.17, 15) is 0 Å². The Bertz CT molecular complexity index is 302. The third-order valence-electron chi connectivity index (χ3n) is 3.51. The summed E-state index contributed by atoms with van der Waals surface area (Å²) < 4.78 is 5.18. The highest BCUT2D eigenvalue weighted by molar-refractivity contribution is 5.18. The summed E-state index contributed by atoms with van der Waals surface area (Å²) >= 11 is 0. The highest BCUT2D eigenvalue weighted by Crippen LogP contribution is 2.57. The normalized spacial score (nSPS) is 25.1. The molecule has 1 fully saturated rings. The molecule has 84 valence electrons. The molecule has 1 aliphatic rings. The summed E-state index contributed by atoms with van der Waals surface area (Å²) in [6, 6.07) is 2.57. The number of nitrogens with one attached hydrogen (secondary N) is 1. The van der Waals surface area contributed by atoms with Crippen LogP contribution in [0.2, 0.25) is 0 Å². The van der Waals surface area contributed by atoms with Crippen molar-refractivity contribution in [3.8, 4) is 0 Å². The molecule has 1 saturated carbocycles. The first kappa shape index (κ1) is 10.7. The lowest BCUT2D eigenvalue weighted by Crippen LogP contribution is -2.25. The average molecular weight is 207 g/mol. The Hall–Kier alpha value is -0.760. The van der Waals surface area contributed by atoms with E-state index in [1.165, 1.54) is 18.4 Å². The molecule has 1 aliphatic carbocycles. The fraction of sp³-hybridized carbons (Fsp3) is 0.692. The molecule has 1 N–H and O–H groups in total. The van der Waals surface area contributed by atoms with Crippen LogP contribution in [0.1, 0.15) is 45.2 Å². The van der Waals surface area contributed by atoms with Gasteiger partial charge in [-0.3, -0.25) is 0 Å². The molecule has 0 aliphatic heterocycles. The molecular weight excluding hydrogens is 186 g/mol. The van der Waals surface area contributed by atoms with Crippen molar-refractivity contribution in [1.29, 1.82) is 0 Å². The van der Waals surface area contributed by atoms with Crippen LogP contribution in [0.15, 0.2) is 23.0 Å². The molecule has 0 aromatic carbocycles. The first-order valence-corrected chi connectivity index (χ1v) is 5.90. The zero-order valence-corrected chi connectivity index (χ0v) is 9.92. The van der Waals surface area contributed by atoms with Crippen molar-refractivity contribution in [2.45, 2.75) is 39.7 Å². The van der Waals surface area contributed by atoms with E-state index < -0.39 is 0 Å². The SMILES string of the molecule is CCCNC(c1ccoc1)C1CC1(C)C. The van der Waals surface area contributed by atoms with Gasteiger partial charge in [0.2, 0.25) is 0 Å². The molecule has 15 heavy (non-hydrogen) atoms. The lowest BCUT2D eigenvalue weighted by Gasteiger charge is -2.18. The smallest absolute Gasteiger partial charge is 0.0950 e. The van der Waals surface area contributed by atoms with E-state index >= 15 is 0 Å². The van der Waals surface area contributed by atoms with Crippen LogP contribution in [0.25, 0.3) is 0 Å². The van der Waals surface area contributed by atoms with Gasteiger partial charge in [0, 0.05) is 11.6 Å². The summed E-state index contributed by atoms with van der Waals surface area (Å²) in [5.74, 6) is 0.765. The molecule has 0 radical (unpaired) electrons. The molecule has 2 rings (SSSR count). The summed E-state index contributed by atoms with van der Waals surface area (Å²) in [4.78, 5) is 0. The molecule has 1 aromatic heterocycles. The minimum Gasteiger partial charge on any atom is -0.472 e. The second-order valence-electron chi connectivity index (χ2n) is 5.29. The highest BCUT2D eigenvalue weighted by Gasteiger charge is 2.50. The molecule has 1 aromatic rings. The van der Waals surface area contributed by atoms with Gasteiger partial charge in [-0.1, -0.05) is 20.8 Å². The van der Waals surface area contributed by atoms with E-state index in [1.54, 1.807) is 6.26 Å². The van der Waals surface area contributed by atoms with Crippen LogP contribution in [0, 0.1) is 11.3 Å². The Morgan fingerprint density at radius 1 is 1.60 bits per heavy atom. The van der Waals surface area contributed by atoms with Gasteiger partial charge in [0.1, 0.15) is 0 Å². The van der Waals surface area contributed by atoms with Crippen molar-refractivity contribution in [1.82, 2.24) is 5.32 Å². The maximum Gasteiger partial charge on any atom is 0.0950 e. The van der Waals surface area contributed by atoms with Gasteiger partial charge in [-0.15, -0.1) is 0 Å². The van der Waals surface area contributed by atoms with Crippen molar-refractivity contribution >= 4 is 0 Å². The van der Waals surface area contributed by atoms with Gasteiger partial charge in [0.05, 0.1) is 12.5 Å². The van der Waals surface area contributed by atoms with Crippen molar-refractivity contribution in [2.75, 3.05) is 6.54 Å². The van der Waals surface area contributed by atoms with Crippen LogP contribution in [-0.4, -0.2) is 6.54 Å². The van der Waals surface area contributed by atoms with Gasteiger partial charge in [-0.25, -0.2) is 0 Å². The van der Waals surface area contributed by atoms with Gasteiger partial charge >= 0.3 is 0 Å². The number of hydrogen-bond acceptors (Lipinski definition) is 2. The number of hydrogen-bond donors (Lipinski definition) is 1. The first-order chi connectivity index (χ1) is 7.15. The fourth-order valence-electron chi connectivity index (χ4n) is 2.32. The topological polar surface area (TPSA) is 25.2 Å². The van der Waals surface area contributed by atoms with Crippen molar-refractivity contribution < 1.29 is 4.42 Å². The Morgan fingerprint density at radius 3 is 2.80 bits per heavy atom. The predicted octanol–water partition coefficient (Wildman–Crippen LogP) is 3.37. The molecule has 0 bridgehead atoms. The van der Waals surface area contributed by atoms with E-state index in [2.05, 4.69) is 32.2 Å². The van der Waals surface area contributed by atoms with Crippen molar-refractivity contribution in [3.63, 3.8) is 0 Å². The van der Waals surface area contributed by atoms with Crippen LogP contribution < -0.4 is 5.32 Å². The third kappa shape index (κ3) is 2.25. The Balaban J connectivity index is 2.04. The largest absolute Gasteiger partial charge is 0.472 e. The van der Waals surface area contributed by atoms with Crippen LogP contribution in [0.4, 0.5) is 0 Å². The maximum atomic E-state index is 5.18. The van der Waals surface area contributed by atoms with Gasteiger partial charge in [-0.2, -0.15) is 0 Å². The molecule has 2 atom stereocenters. The first-order valence-electron chi connectivity index (χ1n) is 5.90. The van der Waals surface area contributed by atoms with Crippen LogP contribution in [-0.2, 0) is 0 Å². The molecular formula is C13H21NO. The van der Waals surface area contributed by atoms with E-state index in [0.717, 1.165) is 12.5 Å². The lowest BCUT2D eigenvalue weighted by atomic mass is 9.99. The van der Waals surface area contributed by atoms with Gasteiger partial charge in [-0.05, 0) is 36.8 Å². The Labute approximate surface area is 92.1 Å². The Kier molecular flexibility index (Phi) is 2.87. The summed E-state index contributed by atoms with van der Waals surface area (Å²) in [6.07, 6.45) is 6.15. The fourth-order valence-corrected chi connectivity index (χ4v) is 2.32. The van der Waals surface area contributed by atoms with E-state index in [4.69, 9.17) is 4.42 Å². The molecule has 0 spiro atoms. The van der Waals surface area contributed by atoms with Gasteiger partial charge < -0.3 is 9.73 Å².